The lowest BCUT2D eigenvalue weighted by Gasteiger charge is -2.33. The van der Waals surface area contributed by atoms with E-state index >= 15 is 0 Å². The minimum Gasteiger partial charge on any atom is -0.389 e. The third kappa shape index (κ3) is 2.50. The van der Waals surface area contributed by atoms with E-state index in [-0.39, 0.29) is 11.5 Å². The summed E-state index contributed by atoms with van der Waals surface area (Å²) in [5, 5.41) is 9.92. The maximum Gasteiger partial charge on any atom is 0.131 e. The molecule has 3 N–H and O–H groups in total. The van der Waals surface area contributed by atoms with Crippen molar-refractivity contribution < 1.29 is 5.11 Å². The van der Waals surface area contributed by atoms with Crippen LogP contribution in [0.4, 0.5) is 5.82 Å². The van der Waals surface area contributed by atoms with E-state index in [2.05, 4.69) is 18.8 Å². The minimum atomic E-state index is -0.382. The van der Waals surface area contributed by atoms with Gasteiger partial charge in [-0.3, -0.25) is 0 Å². The highest BCUT2D eigenvalue weighted by atomic mass is 16.3. The van der Waals surface area contributed by atoms with Crippen molar-refractivity contribution in [1.29, 1.82) is 0 Å². The number of nitrogens with two attached hydrogens (primary N) is 1. The molecule has 1 heterocycles. The molecule has 1 aliphatic carbocycles. The fourth-order valence-electron chi connectivity index (χ4n) is 2.67. The van der Waals surface area contributed by atoms with E-state index in [1.807, 2.05) is 19.1 Å². The van der Waals surface area contributed by atoms with Gasteiger partial charge in [-0.25, -0.2) is 4.98 Å². The Morgan fingerprint density at radius 2 is 2.18 bits per heavy atom. The highest BCUT2D eigenvalue weighted by Gasteiger charge is 2.29. The summed E-state index contributed by atoms with van der Waals surface area (Å²) in [6.07, 6.45) is 4.99. The Morgan fingerprint density at radius 3 is 2.76 bits per heavy atom. The molecule has 0 amide bonds. The number of aromatic nitrogens is 1. The molecule has 0 saturated carbocycles. The van der Waals surface area contributed by atoms with Gasteiger partial charge in [0.25, 0.3) is 0 Å². The summed E-state index contributed by atoms with van der Waals surface area (Å²) < 4.78 is 0. The van der Waals surface area contributed by atoms with Crippen LogP contribution in [0.5, 0.6) is 0 Å². The molecule has 1 aromatic rings. The van der Waals surface area contributed by atoms with E-state index in [1.54, 1.807) is 6.20 Å². The van der Waals surface area contributed by atoms with Crippen molar-refractivity contribution in [2.75, 3.05) is 5.73 Å². The third-order valence-electron chi connectivity index (χ3n) is 3.33. The first kappa shape index (κ1) is 12.1. The molecule has 0 fully saturated rings. The predicted octanol–water partition coefficient (Wildman–Crippen LogP) is 2.54. The molecular formula is C14H20N2O. The van der Waals surface area contributed by atoms with Gasteiger partial charge in [0.15, 0.2) is 0 Å². The van der Waals surface area contributed by atoms with E-state index in [9.17, 15) is 5.11 Å². The highest BCUT2D eigenvalue weighted by molar-refractivity contribution is 5.76. The molecule has 1 aromatic heterocycles. The topological polar surface area (TPSA) is 59.1 Å². The molecule has 0 aromatic carbocycles. The van der Waals surface area contributed by atoms with Crippen molar-refractivity contribution in [3.05, 3.63) is 29.5 Å². The molecule has 1 unspecified atom stereocenters. The Kier molecular flexibility index (Phi) is 2.96. The second-order valence-corrected chi connectivity index (χ2v) is 5.69. The summed E-state index contributed by atoms with van der Waals surface area (Å²) in [6, 6.07) is 1.96. The van der Waals surface area contributed by atoms with Crippen LogP contribution in [0.1, 0.15) is 37.8 Å². The Bertz CT molecular complexity index is 443. The number of hydrogen-bond acceptors (Lipinski definition) is 3. The highest BCUT2D eigenvalue weighted by Crippen LogP contribution is 2.41. The van der Waals surface area contributed by atoms with E-state index in [4.69, 9.17) is 5.73 Å². The van der Waals surface area contributed by atoms with Crippen molar-refractivity contribution in [1.82, 2.24) is 4.98 Å². The van der Waals surface area contributed by atoms with Gasteiger partial charge in [-0.05, 0) is 42.4 Å². The van der Waals surface area contributed by atoms with E-state index < -0.39 is 0 Å². The van der Waals surface area contributed by atoms with Gasteiger partial charge in [-0.2, -0.15) is 0 Å². The van der Waals surface area contributed by atoms with Gasteiger partial charge >= 0.3 is 0 Å². The smallest absolute Gasteiger partial charge is 0.131 e. The van der Waals surface area contributed by atoms with Gasteiger partial charge in [-0.1, -0.05) is 19.9 Å². The molecular weight excluding hydrogens is 212 g/mol. The van der Waals surface area contributed by atoms with Gasteiger partial charge in [-0.15, -0.1) is 0 Å². The van der Waals surface area contributed by atoms with Crippen molar-refractivity contribution in [2.24, 2.45) is 5.41 Å². The average molecular weight is 232 g/mol. The molecule has 0 bridgehead atoms. The zero-order chi connectivity index (χ0) is 12.6. The van der Waals surface area contributed by atoms with Crippen LogP contribution >= 0.6 is 0 Å². The monoisotopic (exact) mass is 232 g/mol. The van der Waals surface area contributed by atoms with Gasteiger partial charge in [0.1, 0.15) is 5.82 Å². The summed E-state index contributed by atoms with van der Waals surface area (Å²) in [5.41, 5.74) is 9.30. The van der Waals surface area contributed by atoms with Gasteiger partial charge in [0, 0.05) is 11.8 Å². The summed E-state index contributed by atoms with van der Waals surface area (Å²) in [4.78, 5) is 4.14. The number of aryl methyl sites for hydroxylation is 1. The van der Waals surface area contributed by atoms with Crippen LogP contribution < -0.4 is 5.73 Å². The zero-order valence-corrected chi connectivity index (χ0v) is 10.7. The summed E-state index contributed by atoms with van der Waals surface area (Å²) >= 11 is 0. The Balaban J connectivity index is 2.47. The Labute approximate surface area is 102 Å². The van der Waals surface area contributed by atoms with Crippen LogP contribution in [-0.2, 0) is 0 Å². The Morgan fingerprint density at radius 1 is 1.47 bits per heavy atom. The molecule has 3 heteroatoms. The summed E-state index contributed by atoms with van der Waals surface area (Å²) in [5.74, 6) is 0.557. The van der Waals surface area contributed by atoms with E-state index in [0.29, 0.717) is 5.82 Å². The second-order valence-electron chi connectivity index (χ2n) is 5.69. The zero-order valence-electron chi connectivity index (χ0n) is 10.7. The molecule has 3 nitrogen and oxygen atoms in total. The number of allylic oxidation sites excluding steroid dienone is 1. The van der Waals surface area contributed by atoms with Crippen LogP contribution in [0, 0.1) is 12.3 Å². The quantitative estimate of drug-likeness (QED) is 0.782. The number of nitrogens with zero attached hydrogens (tertiary/aromatic N) is 1. The van der Waals surface area contributed by atoms with Crippen molar-refractivity contribution in [3.8, 4) is 0 Å². The number of rotatable bonds is 1. The average Bonchev–Trinajstić information content (AvgIpc) is 2.13. The first-order valence-corrected chi connectivity index (χ1v) is 5.99. The van der Waals surface area contributed by atoms with E-state index in [0.717, 1.165) is 29.5 Å². The van der Waals surface area contributed by atoms with Gasteiger partial charge in [0.2, 0.25) is 0 Å². The van der Waals surface area contributed by atoms with Gasteiger partial charge < -0.3 is 10.8 Å². The van der Waals surface area contributed by atoms with Crippen LogP contribution in [0.15, 0.2) is 18.3 Å². The largest absolute Gasteiger partial charge is 0.389 e. The lowest BCUT2D eigenvalue weighted by atomic mass is 9.74. The lowest BCUT2D eigenvalue weighted by molar-refractivity contribution is 0.146. The van der Waals surface area contributed by atoms with Crippen molar-refractivity contribution >= 4 is 11.4 Å². The number of anilines is 1. The maximum absolute atomic E-state index is 9.92. The number of aliphatic hydroxyl groups is 1. The molecule has 0 saturated heterocycles. The first-order valence-electron chi connectivity index (χ1n) is 5.99. The van der Waals surface area contributed by atoms with Crippen molar-refractivity contribution in [2.45, 2.75) is 39.7 Å². The van der Waals surface area contributed by atoms with Crippen LogP contribution in [0.2, 0.25) is 0 Å². The lowest BCUT2D eigenvalue weighted by Crippen LogP contribution is -2.25. The maximum atomic E-state index is 9.92. The molecule has 0 radical (unpaired) electrons. The Hall–Kier alpha value is -1.35. The predicted molar refractivity (Wildman–Crippen MR) is 70.4 cm³/mol. The number of pyridine rings is 1. The molecule has 2 rings (SSSR count). The molecule has 1 aliphatic rings. The third-order valence-corrected chi connectivity index (χ3v) is 3.33. The normalized spacial score (nSPS) is 23.3. The summed E-state index contributed by atoms with van der Waals surface area (Å²) in [7, 11) is 0. The number of nitrogen functional groups attached to an aromatic ring is 1. The minimum absolute atomic E-state index is 0.109. The van der Waals surface area contributed by atoms with Crippen LogP contribution in [0.25, 0.3) is 5.57 Å². The number of hydrogen-bond donors (Lipinski definition) is 2. The standard InChI is InChI=1S/C14H20N2O/c1-9-4-5-16-13(15)12(9)10-6-11(17)8-14(2,3)7-10/h4-6,11,17H,7-8H2,1-3H3,(H2,15,16). The van der Waals surface area contributed by atoms with Crippen molar-refractivity contribution in [3.63, 3.8) is 0 Å². The second kappa shape index (κ2) is 4.15. The fourth-order valence-corrected chi connectivity index (χ4v) is 2.67. The molecule has 0 spiro atoms. The first-order chi connectivity index (χ1) is 7.89. The molecule has 0 aliphatic heterocycles. The van der Waals surface area contributed by atoms with E-state index in [1.165, 1.54) is 0 Å². The molecule has 1 atom stereocenters. The molecule has 17 heavy (non-hydrogen) atoms. The number of aliphatic hydroxyl groups excluding tert-OH is 1. The molecule has 92 valence electrons. The van der Waals surface area contributed by atoms with Gasteiger partial charge in [0.05, 0.1) is 6.10 Å². The van der Waals surface area contributed by atoms with Crippen LogP contribution in [-0.4, -0.2) is 16.2 Å². The summed E-state index contributed by atoms with van der Waals surface area (Å²) in [6.45, 7) is 6.37. The SMILES string of the molecule is Cc1ccnc(N)c1C1=CC(O)CC(C)(C)C1. The van der Waals surface area contributed by atoms with Crippen LogP contribution in [0.3, 0.4) is 0 Å². The fraction of sp³-hybridized carbons (Fsp3) is 0.500.